The molecule has 0 fully saturated rings. The summed E-state index contributed by atoms with van der Waals surface area (Å²) in [6.45, 7) is 4.64. The fourth-order valence-corrected chi connectivity index (χ4v) is 8.92. The van der Waals surface area contributed by atoms with Crippen LogP contribution in [0, 0.1) is 0 Å². The van der Waals surface area contributed by atoms with Crippen molar-refractivity contribution in [2.75, 3.05) is 47.5 Å². The monoisotopic (exact) mass is 1140 g/mol. The summed E-state index contributed by atoms with van der Waals surface area (Å²) < 4.78 is 22.7. The molecule has 0 aromatic carbocycles. The van der Waals surface area contributed by atoms with E-state index in [4.69, 9.17) is 18.9 Å². The summed E-state index contributed by atoms with van der Waals surface area (Å²) in [5.41, 5.74) is 0. The number of ether oxygens (including phenoxy) is 4. The van der Waals surface area contributed by atoms with Crippen molar-refractivity contribution in [3.63, 3.8) is 0 Å². The summed E-state index contributed by atoms with van der Waals surface area (Å²) in [7, 11) is 5.92. The van der Waals surface area contributed by atoms with Gasteiger partial charge >= 0.3 is 11.9 Å². The molecule has 2 unspecified atom stereocenters. The molecule has 468 valence electrons. The maximum absolute atomic E-state index is 12.9. The number of aliphatic carboxylic acids is 1. The summed E-state index contributed by atoms with van der Waals surface area (Å²) in [6.07, 6.45) is 85.5. The molecule has 0 aliphatic heterocycles. The number of carboxylic acid groups (broad SMARTS) is 1. The van der Waals surface area contributed by atoms with Gasteiger partial charge in [-0.3, -0.25) is 9.59 Å². The molecule has 0 aliphatic rings. The van der Waals surface area contributed by atoms with Crippen LogP contribution in [-0.4, -0.2) is 82.3 Å². The number of allylic oxidation sites excluding steroid dienone is 20. The van der Waals surface area contributed by atoms with E-state index in [9.17, 15) is 19.5 Å². The van der Waals surface area contributed by atoms with Crippen molar-refractivity contribution in [2.45, 2.75) is 277 Å². The average molecular weight is 1140 g/mol. The number of likely N-dealkylation sites (N-methyl/N-ethyl adjacent to an activating group) is 1. The molecule has 0 N–H and O–H groups in total. The van der Waals surface area contributed by atoms with E-state index in [2.05, 4.69) is 135 Å². The minimum atomic E-state index is -1.63. The highest BCUT2D eigenvalue weighted by molar-refractivity contribution is 5.70. The van der Waals surface area contributed by atoms with Crippen molar-refractivity contribution in [2.24, 2.45) is 0 Å². The third-order valence-electron chi connectivity index (χ3n) is 14.0. The molecule has 0 radical (unpaired) electrons. The molecular formula is C73H123NO8. The van der Waals surface area contributed by atoms with Crippen molar-refractivity contribution in [1.29, 1.82) is 0 Å². The van der Waals surface area contributed by atoms with Crippen LogP contribution >= 0.6 is 0 Å². The largest absolute Gasteiger partial charge is 0.545 e. The minimum absolute atomic E-state index is 0.142. The first-order valence-corrected chi connectivity index (χ1v) is 33.2. The molecule has 0 aliphatic carbocycles. The second kappa shape index (κ2) is 62.7. The predicted octanol–water partition coefficient (Wildman–Crippen LogP) is 19.1. The van der Waals surface area contributed by atoms with Gasteiger partial charge in [0.1, 0.15) is 13.2 Å². The quantitative estimate of drug-likeness (QED) is 0.0195. The first kappa shape index (κ1) is 77.7. The number of quaternary nitrogens is 1. The van der Waals surface area contributed by atoms with Gasteiger partial charge in [-0.2, -0.15) is 0 Å². The van der Waals surface area contributed by atoms with Crippen LogP contribution in [0.15, 0.2) is 122 Å². The number of carbonyl (C=O) groups excluding carboxylic acids is 3. The number of hydrogen-bond donors (Lipinski definition) is 0. The number of hydrogen-bond acceptors (Lipinski definition) is 8. The molecule has 0 heterocycles. The lowest BCUT2D eigenvalue weighted by Crippen LogP contribution is -2.44. The molecule has 0 bridgehead atoms. The van der Waals surface area contributed by atoms with Crippen LogP contribution < -0.4 is 5.11 Å². The summed E-state index contributed by atoms with van der Waals surface area (Å²) >= 11 is 0. The normalized spacial score (nSPS) is 13.5. The van der Waals surface area contributed by atoms with Gasteiger partial charge in [0.05, 0.1) is 40.3 Å². The summed E-state index contributed by atoms with van der Waals surface area (Å²) in [5.74, 6) is -2.29. The Balaban J connectivity index is 4.18. The van der Waals surface area contributed by atoms with Crippen LogP contribution in [0.2, 0.25) is 0 Å². The Morgan fingerprint density at radius 1 is 0.378 bits per heavy atom. The Kier molecular flexibility index (Phi) is 59.4. The van der Waals surface area contributed by atoms with Gasteiger partial charge in [-0.1, -0.05) is 283 Å². The zero-order valence-corrected chi connectivity index (χ0v) is 53.3. The van der Waals surface area contributed by atoms with Gasteiger partial charge in [0.15, 0.2) is 12.4 Å². The van der Waals surface area contributed by atoms with E-state index in [0.717, 1.165) is 109 Å². The maximum atomic E-state index is 12.9. The van der Waals surface area contributed by atoms with Gasteiger partial charge in [0.2, 0.25) is 0 Å². The van der Waals surface area contributed by atoms with E-state index in [-0.39, 0.29) is 38.6 Å². The van der Waals surface area contributed by atoms with Crippen LogP contribution in [0.4, 0.5) is 0 Å². The maximum Gasteiger partial charge on any atom is 0.306 e. The average Bonchev–Trinajstić information content (AvgIpc) is 3.45. The summed E-state index contributed by atoms with van der Waals surface area (Å²) in [4.78, 5) is 37.4. The van der Waals surface area contributed by atoms with Gasteiger partial charge in [0, 0.05) is 12.8 Å². The molecule has 9 nitrogen and oxygen atoms in total. The van der Waals surface area contributed by atoms with Crippen LogP contribution in [0.3, 0.4) is 0 Å². The molecule has 0 aromatic heterocycles. The number of carbonyl (C=O) groups is 3. The Hall–Kier alpha value is -4.31. The molecule has 0 rings (SSSR count). The molecule has 0 aromatic rings. The van der Waals surface area contributed by atoms with E-state index >= 15 is 0 Å². The first-order chi connectivity index (χ1) is 40.1. The van der Waals surface area contributed by atoms with Crippen LogP contribution in [0.5, 0.6) is 0 Å². The predicted molar refractivity (Wildman–Crippen MR) is 347 cm³/mol. The Bertz CT molecular complexity index is 1760. The van der Waals surface area contributed by atoms with E-state index < -0.39 is 24.3 Å². The van der Waals surface area contributed by atoms with Gasteiger partial charge in [-0.05, 0) is 89.9 Å². The standard InChI is InChI=1S/C73H123NO8/c1-6-8-10-12-14-16-18-20-22-24-26-27-28-29-30-31-32-33-34-35-36-37-38-39-40-41-42-43-44-45-46-48-50-52-54-56-58-60-62-64-71(76)82-69(68-81-73(72(77)78)79-66-65-74(3,4)5)67-80-70(75)63-61-59-57-55-53-51-49-47-25-23-21-19-17-15-13-11-9-7-2/h8,10,14,16,20,22,26-27,29-30,32-33,35-36,38-39,41-42,44-45,69,73H,6-7,9,11-13,15,17-19,21,23-25,28,31,34,37,40,43,46-68H2,1-5H3/b10-8-,16-14-,22-20-,27-26-,30-29-,33-32-,36-35-,39-38-,42-41-,45-44-. The third-order valence-corrected chi connectivity index (χ3v) is 14.0. The van der Waals surface area contributed by atoms with E-state index in [0.29, 0.717) is 17.4 Å². The number of carboxylic acids is 1. The van der Waals surface area contributed by atoms with Crippen molar-refractivity contribution >= 4 is 17.9 Å². The van der Waals surface area contributed by atoms with Gasteiger partial charge in [0.25, 0.3) is 0 Å². The fourth-order valence-electron chi connectivity index (χ4n) is 8.92. The number of unbranched alkanes of at least 4 members (excludes halogenated alkanes) is 25. The Morgan fingerprint density at radius 3 is 1.04 bits per heavy atom. The zero-order chi connectivity index (χ0) is 59.8. The molecule has 82 heavy (non-hydrogen) atoms. The van der Waals surface area contributed by atoms with Crippen molar-refractivity contribution in [3.8, 4) is 0 Å². The Labute approximate surface area is 504 Å². The molecule has 9 heteroatoms. The van der Waals surface area contributed by atoms with Gasteiger partial charge < -0.3 is 33.3 Å². The van der Waals surface area contributed by atoms with Crippen molar-refractivity contribution in [3.05, 3.63) is 122 Å². The first-order valence-electron chi connectivity index (χ1n) is 33.2. The van der Waals surface area contributed by atoms with Gasteiger partial charge in [-0.25, -0.2) is 0 Å². The van der Waals surface area contributed by atoms with Crippen molar-refractivity contribution in [1.82, 2.24) is 0 Å². The molecule has 0 saturated carbocycles. The van der Waals surface area contributed by atoms with E-state index in [1.165, 1.54) is 122 Å². The van der Waals surface area contributed by atoms with Crippen LogP contribution in [0.25, 0.3) is 0 Å². The molecule has 0 spiro atoms. The number of nitrogens with zero attached hydrogens (tertiary/aromatic N) is 1. The molecule has 2 atom stereocenters. The topological polar surface area (TPSA) is 111 Å². The highest BCUT2D eigenvalue weighted by Crippen LogP contribution is 2.16. The van der Waals surface area contributed by atoms with E-state index in [1.54, 1.807) is 0 Å². The minimum Gasteiger partial charge on any atom is -0.545 e. The molecule has 0 amide bonds. The zero-order valence-electron chi connectivity index (χ0n) is 53.3. The number of esters is 2. The SMILES string of the molecule is CC/C=C\C/C=C\C/C=C\C/C=C\C/C=C\C/C=C\C/C=C\C/C=C\C/C=C\C/C=C\CCCCCCCCCCC(=O)OC(COC(=O)CCCCCCCCCCCCCCCCCCCC)COC(OCC[N+](C)(C)C)C(=O)[O-]. The molecular weight excluding hydrogens is 1020 g/mol. The smallest absolute Gasteiger partial charge is 0.306 e. The summed E-state index contributed by atoms with van der Waals surface area (Å²) in [6, 6.07) is 0. The fraction of sp³-hybridized carbons (Fsp3) is 0.685. The molecule has 0 saturated heterocycles. The second-order valence-electron chi connectivity index (χ2n) is 23.0. The lowest BCUT2D eigenvalue weighted by Gasteiger charge is -2.26. The van der Waals surface area contributed by atoms with Gasteiger partial charge in [-0.15, -0.1) is 0 Å². The van der Waals surface area contributed by atoms with E-state index in [1.807, 2.05) is 21.1 Å². The third kappa shape index (κ3) is 63.3. The summed E-state index contributed by atoms with van der Waals surface area (Å²) in [5, 5.41) is 11.8. The lowest BCUT2D eigenvalue weighted by molar-refractivity contribution is -0.870. The highest BCUT2D eigenvalue weighted by Gasteiger charge is 2.22. The number of rotatable bonds is 60. The van der Waals surface area contributed by atoms with Crippen LogP contribution in [-0.2, 0) is 33.3 Å². The lowest BCUT2D eigenvalue weighted by atomic mass is 10.0. The highest BCUT2D eigenvalue weighted by atomic mass is 16.7. The van der Waals surface area contributed by atoms with Crippen LogP contribution in [0.1, 0.15) is 264 Å². The Morgan fingerprint density at radius 2 is 0.695 bits per heavy atom. The second-order valence-corrected chi connectivity index (χ2v) is 23.0. The van der Waals surface area contributed by atoms with Crippen molar-refractivity contribution < 1.29 is 42.9 Å².